The summed E-state index contributed by atoms with van der Waals surface area (Å²) in [7, 11) is 0. The summed E-state index contributed by atoms with van der Waals surface area (Å²) in [6.45, 7) is 4.73. The van der Waals surface area contributed by atoms with Crippen LogP contribution in [0.2, 0.25) is 5.02 Å². The number of nitrogens with zero attached hydrogens (tertiary/aromatic N) is 2. The van der Waals surface area contributed by atoms with E-state index < -0.39 is 5.82 Å². The highest BCUT2D eigenvalue weighted by Crippen LogP contribution is 2.24. The van der Waals surface area contributed by atoms with Crippen molar-refractivity contribution in [3.8, 4) is 5.75 Å². The van der Waals surface area contributed by atoms with E-state index in [0.717, 1.165) is 17.5 Å². The molecule has 1 N–H and O–H groups in total. The number of aromatic nitrogens is 2. The van der Waals surface area contributed by atoms with Crippen molar-refractivity contribution in [2.45, 2.75) is 20.4 Å². The molecule has 0 aliphatic carbocycles. The molecule has 7 heteroatoms. The van der Waals surface area contributed by atoms with Crippen molar-refractivity contribution in [3.63, 3.8) is 0 Å². The van der Waals surface area contributed by atoms with Crippen LogP contribution in [0.15, 0.2) is 24.3 Å². The molecule has 5 nitrogen and oxygen atoms in total. The van der Waals surface area contributed by atoms with Gasteiger partial charge in [-0.15, -0.1) is 0 Å². The van der Waals surface area contributed by atoms with Crippen LogP contribution < -0.4 is 10.1 Å². The first-order valence-electron chi connectivity index (χ1n) is 6.81. The van der Waals surface area contributed by atoms with Gasteiger partial charge in [0.05, 0.1) is 17.3 Å². The number of carbonyl (C=O) groups is 1. The molecule has 0 radical (unpaired) electrons. The third kappa shape index (κ3) is 4.46. The van der Waals surface area contributed by atoms with Gasteiger partial charge < -0.3 is 10.1 Å². The molecule has 0 spiro atoms. The number of hydrogen-bond acceptors (Lipinski definition) is 3. The molecule has 2 aromatic rings. The minimum absolute atomic E-state index is 0.135. The Kier molecular flexibility index (Phi) is 5.38. The lowest BCUT2D eigenvalue weighted by molar-refractivity contribution is -0.123. The van der Waals surface area contributed by atoms with Crippen molar-refractivity contribution in [1.82, 2.24) is 15.1 Å². The number of hydrogen-bond donors (Lipinski definition) is 1. The molecule has 1 aromatic heterocycles. The van der Waals surface area contributed by atoms with Crippen molar-refractivity contribution < 1.29 is 13.9 Å². The zero-order valence-electron chi connectivity index (χ0n) is 12.4. The summed E-state index contributed by atoms with van der Waals surface area (Å²) in [4.78, 5) is 11.7. The molecule has 0 atom stereocenters. The first-order valence-corrected chi connectivity index (χ1v) is 7.19. The fourth-order valence-corrected chi connectivity index (χ4v) is 2.21. The van der Waals surface area contributed by atoms with Crippen LogP contribution in [-0.2, 0) is 11.3 Å². The van der Waals surface area contributed by atoms with Crippen LogP contribution >= 0.6 is 11.6 Å². The second-order valence-corrected chi connectivity index (χ2v) is 5.27. The molecule has 0 saturated carbocycles. The molecular formula is C15H17ClFN3O2. The number of benzene rings is 1. The van der Waals surface area contributed by atoms with Gasteiger partial charge in [-0.2, -0.15) is 5.10 Å². The quantitative estimate of drug-likeness (QED) is 0.887. The van der Waals surface area contributed by atoms with Gasteiger partial charge in [0.25, 0.3) is 5.91 Å². The van der Waals surface area contributed by atoms with Crippen LogP contribution in [0.5, 0.6) is 5.75 Å². The van der Waals surface area contributed by atoms with Crippen LogP contribution in [0.3, 0.4) is 0 Å². The van der Waals surface area contributed by atoms with Gasteiger partial charge in [-0.1, -0.05) is 11.6 Å². The highest BCUT2D eigenvalue weighted by molar-refractivity contribution is 6.32. The predicted molar refractivity (Wildman–Crippen MR) is 81.6 cm³/mol. The minimum atomic E-state index is -0.452. The average molecular weight is 326 g/mol. The maximum absolute atomic E-state index is 12.9. The molecular weight excluding hydrogens is 309 g/mol. The molecule has 0 saturated heterocycles. The predicted octanol–water partition coefficient (Wildman–Crippen LogP) is 2.49. The molecule has 0 aliphatic rings. The fourth-order valence-electron chi connectivity index (χ4n) is 1.99. The van der Waals surface area contributed by atoms with Gasteiger partial charge in [-0.05, 0) is 38.1 Å². The van der Waals surface area contributed by atoms with Crippen molar-refractivity contribution in [2.24, 2.45) is 0 Å². The lowest BCUT2D eigenvalue weighted by Gasteiger charge is -2.09. The Morgan fingerprint density at radius 3 is 2.82 bits per heavy atom. The van der Waals surface area contributed by atoms with Crippen LogP contribution in [0, 0.1) is 19.7 Å². The van der Waals surface area contributed by atoms with Crippen LogP contribution in [0.25, 0.3) is 0 Å². The third-order valence-electron chi connectivity index (χ3n) is 3.00. The maximum Gasteiger partial charge on any atom is 0.258 e. The molecule has 0 fully saturated rings. The zero-order chi connectivity index (χ0) is 16.1. The number of rotatable bonds is 6. The van der Waals surface area contributed by atoms with Crippen molar-refractivity contribution in [2.75, 3.05) is 13.2 Å². The Bertz CT molecular complexity index is 673. The molecule has 1 amide bonds. The van der Waals surface area contributed by atoms with E-state index in [2.05, 4.69) is 10.4 Å². The Morgan fingerprint density at radius 2 is 2.18 bits per heavy atom. The maximum atomic E-state index is 12.9. The van der Waals surface area contributed by atoms with E-state index in [0.29, 0.717) is 13.1 Å². The lowest BCUT2D eigenvalue weighted by atomic mass is 10.3. The SMILES string of the molecule is Cc1cc(C)n(CCNC(=O)COc2ccc(F)cc2Cl)n1. The highest BCUT2D eigenvalue weighted by Gasteiger charge is 2.07. The summed E-state index contributed by atoms with van der Waals surface area (Å²) >= 11 is 5.81. The van der Waals surface area contributed by atoms with Gasteiger partial charge in [-0.25, -0.2) is 4.39 Å². The monoisotopic (exact) mass is 325 g/mol. The fraction of sp³-hybridized carbons (Fsp3) is 0.333. The first-order chi connectivity index (χ1) is 10.5. The molecule has 2 rings (SSSR count). The minimum Gasteiger partial charge on any atom is -0.482 e. The van der Waals surface area contributed by atoms with E-state index in [4.69, 9.17) is 16.3 Å². The number of ether oxygens (including phenoxy) is 1. The van der Waals surface area contributed by atoms with Gasteiger partial charge in [0.15, 0.2) is 6.61 Å². The highest BCUT2D eigenvalue weighted by atomic mass is 35.5. The third-order valence-corrected chi connectivity index (χ3v) is 3.30. The normalized spacial score (nSPS) is 10.5. The Morgan fingerprint density at radius 1 is 1.41 bits per heavy atom. The van der Waals surface area contributed by atoms with Crippen LogP contribution in [0.1, 0.15) is 11.4 Å². The van der Waals surface area contributed by atoms with Crippen LogP contribution in [0.4, 0.5) is 4.39 Å². The summed E-state index contributed by atoms with van der Waals surface area (Å²) in [5.74, 6) is -0.453. The number of halogens is 2. The molecule has 1 heterocycles. The van der Waals surface area contributed by atoms with Crippen molar-refractivity contribution in [1.29, 1.82) is 0 Å². The Balaban J connectivity index is 1.75. The second kappa shape index (κ2) is 7.26. The van der Waals surface area contributed by atoms with Crippen molar-refractivity contribution >= 4 is 17.5 Å². The van der Waals surface area contributed by atoms with E-state index in [1.165, 1.54) is 12.1 Å². The number of aryl methyl sites for hydroxylation is 2. The smallest absolute Gasteiger partial charge is 0.258 e. The van der Waals surface area contributed by atoms with Gasteiger partial charge >= 0.3 is 0 Å². The second-order valence-electron chi connectivity index (χ2n) is 4.86. The lowest BCUT2D eigenvalue weighted by Crippen LogP contribution is -2.32. The van der Waals surface area contributed by atoms with E-state index in [9.17, 15) is 9.18 Å². The molecule has 1 aromatic carbocycles. The van der Waals surface area contributed by atoms with Gasteiger partial charge in [0, 0.05) is 12.2 Å². The average Bonchev–Trinajstić information content (AvgIpc) is 2.76. The van der Waals surface area contributed by atoms with Gasteiger partial charge in [0.1, 0.15) is 11.6 Å². The van der Waals surface area contributed by atoms with Crippen LogP contribution in [-0.4, -0.2) is 28.8 Å². The number of carbonyl (C=O) groups excluding carboxylic acids is 1. The van der Waals surface area contributed by atoms with Crippen molar-refractivity contribution in [3.05, 3.63) is 46.5 Å². The van der Waals surface area contributed by atoms with Gasteiger partial charge in [0.2, 0.25) is 0 Å². The summed E-state index contributed by atoms with van der Waals surface area (Å²) in [6.07, 6.45) is 0. The summed E-state index contributed by atoms with van der Waals surface area (Å²) < 4.78 is 20.0. The molecule has 118 valence electrons. The zero-order valence-corrected chi connectivity index (χ0v) is 13.2. The van der Waals surface area contributed by atoms with E-state index in [1.807, 2.05) is 24.6 Å². The Labute approximate surface area is 133 Å². The molecule has 0 aliphatic heterocycles. The molecule has 0 bridgehead atoms. The molecule has 0 unspecified atom stereocenters. The largest absolute Gasteiger partial charge is 0.482 e. The first kappa shape index (κ1) is 16.3. The van der Waals surface area contributed by atoms with E-state index >= 15 is 0 Å². The number of amides is 1. The van der Waals surface area contributed by atoms with Gasteiger partial charge in [-0.3, -0.25) is 9.48 Å². The number of nitrogens with one attached hydrogen (secondary N) is 1. The summed E-state index contributed by atoms with van der Waals surface area (Å²) in [5, 5.41) is 7.16. The standard InChI is InChI=1S/C15H17ClFN3O2/c1-10-7-11(2)20(19-10)6-5-18-15(21)9-22-14-4-3-12(17)8-13(14)16/h3-4,7-8H,5-6,9H2,1-2H3,(H,18,21). The topological polar surface area (TPSA) is 56.2 Å². The summed E-state index contributed by atoms with van der Waals surface area (Å²) in [5.41, 5.74) is 1.99. The van der Waals surface area contributed by atoms with E-state index in [-0.39, 0.29) is 23.3 Å². The molecule has 22 heavy (non-hydrogen) atoms. The Hall–Kier alpha value is -2.08. The summed E-state index contributed by atoms with van der Waals surface area (Å²) in [6, 6.07) is 5.72. The van der Waals surface area contributed by atoms with E-state index in [1.54, 1.807) is 0 Å².